The van der Waals surface area contributed by atoms with Crippen LogP contribution in [-0.4, -0.2) is 20.8 Å². The van der Waals surface area contributed by atoms with Gasteiger partial charge in [-0.2, -0.15) is 0 Å². The lowest BCUT2D eigenvalue weighted by atomic mass is 10.2. The van der Waals surface area contributed by atoms with Crippen LogP contribution in [0.25, 0.3) is 0 Å². The third-order valence-electron chi connectivity index (χ3n) is 1.72. The molecule has 4 N–H and O–H groups in total. The van der Waals surface area contributed by atoms with Crippen molar-refractivity contribution in [1.29, 1.82) is 0 Å². The lowest BCUT2D eigenvalue weighted by Crippen LogP contribution is -2.19. The number of nitrogens with zero attached hydrogens (tertiary/aromatic N) is 2. The molecule has 0 saturated heterocycles. The van der Waals surface area contributed by atoms with Crippen LogP contribution in [0.15, 0.2) is 16.0 Å². The van der Waals surface area contributed by atoms with Gasteiger partial charge in [0.05, 0.1) is 0 Å². The van der Waals surface area contributed by atoms with Gasteiger partial charge in [0, 0.05) is 12.6 Å². The highest BCUT2D eigenvalue weighted by atomic mass is 16.4. The fraction of sp³-hybridized carbons (Fsp3) is 0.500. The number of oxime groups is 1. The second kappa shape index (κ2) is 3.99. The number of hydrogen-bond acceptors (Lipinski definition) is 3. The number of nitrogens with two attached hydrogens (primary N) is 1. The molecule has 0 unspecified atom stereocenters. The Morgan fingerprint density at radius 3 is 2.93 bits per heavy atom. The van der Waals surface area contributed by atoms with Gasteiger partial charge in [0.15, 0.2) is 5.84 Å². The van der Waals surface area contributed by atoms with E-state index in [0.717, 1.165) is 0 Å². The van der Waals surface area contributed by atoms with Crippen molar-refractivity contribution in [2.24, 2.45) is 16.8 Å². The van der Waals surface area contributed by atoms with Crippen LogP contribution in [0.4, 0.5) is 0 Å². The number of H-pyrrole nitrogens is 1. The fourth-order valence-electron chi connectivity index (χ4n) is 1.12. The van der Waals surface area contributed by atoms with Crippen molar-refractivity contribution in [1.82, 2.24) is 9.78 Å². The van der Waals surface area contributed by atoms with Crippen LogP contribution in [0.1, 0.15) is 19.5 Å². The van der Waals surface area contributed by atoms with Crippen molar-refractivity contribution >= 4 is 5.84 Å². The monoisotopic (exact) mass is 198 g/mol. The van der Waals surface area contributed by atoms with Gasteiger partial charge in [-0.15, -0.1) is 0 Å². The highest BCUT2D eigenvalue weighted by Crippen LogP contribution is 1.96. The highest BCUT2D eigenvalue weighted by molar-refractivity contribution is 5.94. The third kappa shape index (κ3) is 2.15. The molecule has 1 aromatic heterocycles. The van der Waals surface area contributed by atoms with Crippen molar-refractivity contribution in [3.8, 4) is 0 Å². The van der Waals surface area contributed by atoms with E-state index in [1.807, 2.05) is 13.8 Å². The van der Waals surface area contributed by atoms with Gasteiger partial charge in [0.1, 0.15) is 5.69 Å². The minimum absolute atomic E-state index is 0.0930. The van der Waals surface area contributed by atoms with Gasteiger partial charge in [-0.1, -0.05) is 19.0 Å². The largest absolute Gasteiger partial charge is 0.409 e. The van der Waals surface area contributed by atoms with E-state index in [-0.39, 0.29) is 11.4 Å². The first kappa shape index (κ1) is 10.4. The summed E-state index contributed by atoms with van der Waals surface area (Å²) in [5.74, 6) is 0.260. The molecule has 0 saturated carbocycles. The molecule has 14 heavy (non-hydrogen) atoms. The zero-order chi connectivity index (χ0) is 10.7. The minimum Gasteiger partial charge on any atom is -0.409 e. The van der Waals surface area contributed by atoms with Crippen molar-refractivity contribution in [2.75, 3.05) is 0 Å². The second-order valence-electron chi connectivity index (χ2n) is 3.50. The maximum atomic E-state index is 11.3. The molecular formula is C8H14N4O2. The third-order valence-corrected chi connectivity index (χ3v) is 1.72. The fourth-order valence-corrected chi connectivity index (χ4v) is 1.12. The lowest BCUT2D eigenvalue weighted by molar-refractivity contribution is 0.318. The van der Waals surface area contributed by atoms with Crippen LogP contribution >= 0.6 is 0 Å². The molecule has 0 radical (unpaired) electrons. The molecule has 78 valence electrons. The maximum absolute atomic E-state index is 11.3. The lowest BCUT2D eigenvalue weighted by Gasteiger charge is -2.04. The van der Waals surface area contributed by atoms with E-state index in [1.54, 1.807) is 0 Å². The Hall–Kier alpha value is -1.72. The predicted molar refractivity (Wildman–Crippen MR) is 52.4 cm³/mol. The molecule has 1 rings (SSSR count). The quantitative estimate of drug-likeness (QED) is 0.274. The van der Waals surface area contributed by atoms with Crippen molar-refractivity contribution in [3.05, 3.63) is 22.1 Å². The van der Waals surface area contributed by atoms with E-state index in [1.165, 1.54) is 10.7 Å². The van der Waals surface area contributed by atoms with E-state index in [2.05, 4.69) is 10.3 Å². The molecule has 0 atom stereocenters. The Morgan fingerprint density at radius 2 is 2.43 bits per heavy atom. The molecule has 1 aromatic rings. The first-order valence-electron chi connectivity index (χ1n) is 4.32. The molecule has 0 spiro atoms. The van der Waals surface area contributed by atoms with E-state index in [0.29, 0.717) is 18.2 Å². The molecular weight excluding hydrogens is 184 g/mol. The van der Waals surface area contributed by atoms with Gasteiger partial charge in [-0.25, -0.2) is 0 Å². The number of aromatic nitrogens is 2. The maximum Gasteiger partial charge on any atom is 0.267 e. The number of amidine groups is 1. The zero-order valence-electron chi connectivity index (χ0n) is 8.19. The van der Waals surface area contributed by atoms with Crippen LogP contribution in [0.3, 0.4) is 0 Å². The Bertz CT molecular complexity index is 388. The van der Waals surface area contributed by atoms with Crippen LogP contribution in [0, 0.1) is 5.92 Å². The van der Waals surface area contributed by atoms with Gasteiger partial charge in [-0.3, -0.25) is 14.6 Å². The summed E-state index contributed by atoms with van der Waals surface area (Å²) in [5.41, 5.74) is 5.48. The number of hydrogen-bond donors (Lipinski definition) is 3. The summed E-state index contributed by atoms with van der Waals surface area (Å²) in [6.45, 7) is 4.57. The first-order chi connectivity index (χ1) is 6.54. The molecule has 0 fully saturated rings. The Labute approximate surface area is 81.0 Å². The van der Waals surface area contributed by atoms with E-state index < -0.39 is 0 Å². The summed E-state index contributed by atoms with van der Waals surface area (Å²) < 4.78 is 1.43. The second-order valence-corrected chi connectivity index (χ2v) is 3.50. The Balaban J connectivity index is 2.99. The van der Waals surface area contributed by atoms with Gasteiger partial charge in [0.2, 0.25) is 0 Å². The molecule has 6 heteroatoms. The summed E-state index contributed by atoms with van der Waals surface area (Å²) >= 11 is 0. The highest BCUT2D eigenvalue weighted by Gasteiger charge is 2.07. The van der Waals surface area contributed by atoms with Gasteiger partial charge >= 0.3 is 0 Å². The summed E-state index contributed by atoms with van der Waals surface area (Å²) in [5, 5.41) is 14.0. The van der Waals surface area contributed by atoms with Crippen LogP contribution < -0.4 is 11.3 Å². The zero-order valence-corrected chi connectivity index (χ0v) is 8.19. The van der Waals surface area contributed by atoms with E-state index in [4.69, 9.17) is 10.9 Å². The normalized spacial score (nSPS) is 12.4. The number of rotatable bonds is 3. The smallest absolute Gasteiger partial charge is 0.267 e. The molecule has 0 bridgehead atoms. The minimum atomic E-state index is -0.180. The topological polar surface area (TPSA) is 96.4 Å². The van der Waals surface area contributed by atoms with Crippen molar-refractivity contribution in [3.63, 3.8) is 0 Å². The van der Waals surface area contributed by atoms with Gasteiger partial charge < -0.3 is 10.9 Å². The van der Waals surface area contributed by atoms with Gasteiger partial charge in [-0.05, 0) is 5.92 Å². The van der Waals surface area contributed by atoms with E-state index in [9.17, 15) is 4.79 Å². The molecule has 1 heterocycles. The van der Waals surface area contributed by atoms with Crippen molar-refractivity contribution in [2.45, 2.75) is 20.4 Å². The molecule has 0 aromatic carbocycles. The number of nitrogens with one attached hydrogen (secondary N) is 1. The summed E-state index contributed by atoms with van der Waals surface area (Å²) in [7, 11) is 0. The van der Waals surface area contributed by atoms with Gasteiger partial charge in [0.25, 0.3) is 5.56 Å². The van der Waals surface area contributed by atoms with Crippen LogP contribution in [-0.2, 0) is 6.54 Å². The predicted octanol–water partition coefficient (Wildman–Crippen LogP) is -0.0731. The molecule has 0 aliphatic rings. The Morgan fingerprint density at radius 1 is 1.79 bits per heavy atom. The average molecular weight is 198 g/mol. The first-order valence-corrected chi connectivity index (χ1v) is 4.32. The van der Waals surface area contributed by atoms with E-state index >= 15 is 0 Å². The van der Waals surface area contributed by atoms with Crippen LogP contribution in [0.2, 0.25) is 0 Å². The average Bonchev–Trinajstić information content (AvgIpc) is 2.46. The standard InChI is InChI=1S/C8H14N4O2/c1-5(2)4-12-7(13)3-6(10-12)8(9)11-14/h3,5,10,14H,4H2,1-2H3,(H2,9,11). The van der Waals surface area contributed by atoms with Crippen LogP contribution in [0.5, 0.6) is 0 Å². The summed E-state index contributed by atoms with van der Waals surface area (Å²) in [6, 6.07) is 1.30. The molecule has 0 aliphatic heterocycles. The molecule has 6 nitrogen and oxygen atoms in total. The molecule has 0 aliphatic carbocycles. The summed E-state index contributed by atoms with van der Waals surface area (Å²) in [6.07, 6.45) is 0. The summed E-state index contributed by atoms with van der Waals surface area (Å²) in [4.78, 5) is 11.3. The molecule has 0 amide bonds. The SMILES string of the molecule is CC(C)Cn1[nH]c(/C(N)=N\O)cc1=O. The Kier molecular flexibility index (Phi) is 2.95. The number of aromatic amines is 1. The van der Waals surface area contributed by atoms with Crippen molar-refractivity contribution < 1.29 is 5.21 Å².